The highest BCUT2D eigenvalue weighted by Crippen LogP contribution is 2.48. The van der Waals surface area contributed by atoms with E-state index in [9.17, 15) is 9.36 Å². The lowest BCUT2D eigenvalue weighted by molar-refractivity contribution is -0.151. The lowest BCUT2D eigenvalue weighted by Crippen LogP contribution is -2.26. The second kappa shape index (κ2) is 7.77. The van der Waals surface area contributed by atoms with Crippen molar-refractivity contribution in [3.05, 3.63) is 24.3 Å². The highest BCUT2D eigenvalue weighted by Gasteiger charge is 2.31. The van der Waals surface area contributed by atoms with Crippen LogP contribution >= 0.6 is 7.60 Å². The Labute approximate surface area is 121 Å². The number of hydrogen-bond acceptors (Lipinski definition) is 5. The van der Waals surface area contributed by atoms with E-state index in [4.69, 9.17) is 13.8 Å². The van der Waals surface area contributed by atoms with Crippen LogP contribution in [0.15, 0.2) is 24.3 Å². The first-order chi connectivity index (χ1) is 8.93. The maximum atomic E-state index is 12.5. The molecule has 0 aliphatic heterocycles. The largest absolute Gasteiger partial charge is 0.459 e. The molecule has 0 aromatic rings. The first-order valence-corrected chi connectivity index (χ1v) is 8.05. The molecule has 0 spiro atoms. The third-order valence-corrected chi connectivity index (χ3v) is 3.45. The summed E-state index contributed by atoms with van der Waals surface area (Å²) in [6.07, 6.45) is -0.426. The van der Waals surface area contributed by atoms with Crippen molar-refractivity contribution in [3.63, 3.8) is 0 Å². The van der Waals surface area contributed by atoms with Crippen molar-refractivity contribution in [1.82, 2.24) is 0 Å². The van der Waals surface area contributed by atoms with Crippen molar-refractivity contribution >= 4 is 13.6 Å². The molecule has 0 amide bonds. The molecule has 0 aromatic heterocycles. The second-order valence-electron chi connectivity index (χ2n) is 5.82. The Morgan fingerprint density at radius 1 is 1.05 bits per heavy atom. The summed E-state index contributed by atoms with van der Waals surface area (Å²) in [6, 6.07) is 0. The first kappa shape index (κ1) is 19.1. The van der Waals surface area contributed by atoms with E-state index < -0.39 is 25.3 Å². The Kier molecular flexibility index (Phi) is 7.42. The van der Waals surface area contributed by atoms with Crippen molar-refractivity contribution in [3.8, 4) is 0 Å². The molecule has 0 aromatic carbocycles. The number of hydrogen-bond donors (Lipinski definition) is 0. The smallest absolute Gasteiger partial charge is 0.342 e. The van der Waals surface area contributed by atoms with Gasteiger partial charge in [0, 0.05) is 0 Å². The molecule has 0 aliphatic carbocycles. The van der Waals surface area contributed by atoms with E-state index in [-0.39, 0.29) is 13.2 Å². The van der Waals surface area contributed by atoms with Crippen LogP contribution in [0.1, 0.15) is 34.6 Å². The molecule has 0 heterocycles. The summed E-state index contributed by atoms with van der Waals surface area (Å²) in [6.45, 7) is 16.1. The van der Waals surface area contributed by atoms with Crippen molar-refractivity contribution in [2.45, 2.75) is 40.2 Å². The number of carbonyl (C=O) groups is 1. The molecule has 0 saturated carbocycles. The molecule has 20 heavy (non-hydrogen) atoms. The molecule has 0 unspecified atom stereocenters. The van der Waals surface area contributed by atoms with E-state index >= 15 is 0 Å². The molecular weight excluding hydrogens is 279 g/mol. The zero-order valence-electron chi connectivity index (χ0n) is 13.0. The maximum absolute atomic E-state index is 12.5. The van der Waals surface area contributed by atoms with Gasteiger partial charge in [0.1, 0.15) is 11.8 Å². The predicted molar refractivity (Wildman–Crippen MR) is 79.9 cm³/mol. The number of carbonyl (C=O) groups excluding carboxylic acids is 1. The normalized spacial score (nSPS) is 12.1. The van der Waals surface area contributed by atoms with Gasteiger partial charge in [-0.15, -0.1) is 0 Å². The summed E-state index contributed by atoms with van der Waals surface area (Å²) in [4.78, 5) is 11.8. The number of rotatable bonds is 8. The predicted octanol–water partition coefficient (Wildman–Crippen LogP) is 3.71. The van der Waals surface area contributed by atoms with Crippen LogP contribution in [0.2, 0.25) is 0 Å². The van der Waals surface area contributed by atoms with Crippen molar-refractivity contribution in [2.75, 3.05) is 19.4 Å². The number of ether oxygens (including phenoxy) is 1. The summed E-state index contributed by atoms with van der Waals surface area (Å²) in [5, 5.41) is 0. The van der Waals surface area contributed by atoms with Crippen LogP contribution in [0.25, 0.3) is 0 Å². The molecule has 6 heteroatoms. The molecule has 0 N–H and O–H groups in total. The molecule has 0 bridgehead atoms. The van der Waals surface area contributed by atoms with Gasteiger partial charge in [-0.2, -0.15) is 0 Å². The van der Waals surface area contributed by atoms with Crippen LogP contribution in [0.3, 0.4) is 0 Å². The third-order valence-electron chi connectivity index (χ3n) is 1.76. The van der Waals surface area contributed by atoms with E-state index in [1.54, 1.807) is 34.6 Å². The van der Waals surface area contributed by atoms with Gasteiger partial charge in [0.05, 0.1) is 13.2 Å². The summed E-state index contributed by atoms with van der Waals surface area (Å²) in [5.41, 5.74) is 0.728. The van der Waals surface area contributed by atoms with Gasteiger partial charge in [0.25, 0.3) is 0 Å². The van der Waals surface area contributed by atoms with Crippen molar-refractivity contribution in [2.24, 2.45) is 0 Å². The van der Waals surface area contributed by atoms with Gasteiger partial charge in [-0.05, 0) is 34.6 Å². The second-order valence-corrected chi connectivity index (χ2v) is 7.87. The summed E-state index contributed by atoms with van der Waals surface area (Å²) in [5.74, 6) is -0.621. The van der Waals surface area contributed by atoms with Crippen LogP contribution in [0.4, 0.5) is 0 Å². The van der Waals surface area contributed by atoms with Crippen molar-refractivity contribution < 1.29 is 23.1 Å². The molecule has 0 aliphatic rings. The Balaban J connectivity index is 4.74. The minimum absolute atomic E-state index is 0.0657. The monoisotopic (exact) mass is 304 g/mol. The zero-order chi connectivity index (χ0) is 16.0. The van der Waals surface area contributed by atoms with Crippen LogP contribution in [0, 0.1) is 0 Å². The molecule has 0 fully saturated rings. The minimum atomic E-state index is -3.57. The topological polar surface area (TPSA) is 61.8 Å². The van der Waals surface area contributed by atoms with Gasteiger partial charge in [-0.3, -0.25) is 9.36 Å². The van der Waals surface area contributed by atoms with Crippen LogP contribution in [0.5, 0.6) is 0 Å². The fourth-order valence-corrected chi connectivity index (χ4v) is 2.55. The number of esters is 1. The van der Waals surface area contributed by atoms with Gasteiger partial charge < -0.3 is 13.8 Å². The fraction of sp³-hybridized carbons (Fsp3) is 0.643. The molecule has 0 radical (unpaired) electrons. The van der Waals surface area contributed by atoms with Crippen molar-refractivity contribution in [1.29, 1.82) is 0 Å². The average molecular weight is 304 g/mol. The van der Waals surface area contributed by atoms with E-state index in [2.05, 4.69) is 13.2 Å². The Morgan fingerprint density at radius 2 is 1.45 bits per heavy atom. The van der Waals surface area contributed by atoms with Crippen LogP contribution < -0.4 is 0 Å². The molecule has 116 valence electrons. The van der Waals surface area contributed by atoms with Gasteiger partial charge in [0.15, 0.2) is 0 Å². The fourth-order valence-electron chi connectivity index (χ4n) is 1.08. The van der Waals surface area contributed by atoms with Gasteiger partial charge in [-0.1, -0.05) is 24.3 Å². The average Bonchev–Trinajstić information content (AvgIpc) is 2.21. The standard InChI is InChI=1S/C14H25O5P/c1-11(2)8-17-20(16,18-9-12(3)4)10-13(15)19-14(5,6)7/h1,3,8-10H2,2,4-7H3. The maximum Gasteiger partial charge on any atom is 0.342 e. The highest BCUT2D eigenvalue weighted by molar-refractivity contribution is 7.54. The molecule has 0 atom stereocenters. The lowest BCUT2D eigenvalue weighted by atomic mass is 10.2. The Morgan fingerprint density at radius 3 is 1.75 bits per heavy atom. The van der Waals surface area contributed by atoms with Crippen LogP contribution in [-0.4, -0.2) is 30.9 Å². The third kappa shape index (κ3) is 9.96. The summed E-state index contributed by atoms with van der Waals surface area (Å²) >= 11 is 0. The molecule has 5 nitrogen and oxygen atoms in total. The first-order valence-electron chi connectivity index (χ1n) is 6.32. The lowest BCUT2D eigenvalue weighted by Gasteiger charge is -2.22. The zero-order valence-corrected chi connectivity index (χ0v) is 13.9. The van der Waals surface area contributed by atoms with E-state index in [1.807, 2.05) is 0 Å². The van der Waals surface area contributed by atoms with Gasteiger partial charge in [-0.25, -0.2) is 0 Å². The highest BCUT2D eigenvalue weighted by atomic mass is 31.2. The Hall–Kier alpha value is -0.900. The van der Waals surface area contributed by atoms with E-state index in [1.165, 1.54) is 0 Å². The Bertz CT molecular complexity index is 398. The van der Waals surface area contributed by atoms with E-state index in [0.29, 0.717) is 11.1 Å². The minimum Gasteiger partial charge on any atom is -0.459 e. The summed E-state index contributed by atoms with van der Waals surface area (Å²) in [7, 11) is -3.57. The SMILES string of the molecule is C=C(C)COP(=O)(CC(=O)OC(C)(C)C)OCC(=C)C. The van der Waals surface area contributed by atoms with Gasteiger partial charge in [0.2, 0.25) is 0 Å². The van der Waals surface area contributed by atoms with E-state index in [0.717, 1.165) is 0 Å². The quantitative estimate of drug-likeness (QED) is 0.388. The van der Waals surface area contributed by atoms with Gasteiger partial charge >= 0.3 is 13.6 Å². The molecular formula is C14H25O5P. The molecule has 0 rings (SSSR count). The molecule has 0 saturated heterocycles. The summed E-state index contributed by atoms with van der Waals surface area (Å²) < 4.78 is 28.1. The van der Waals surface area contributed by atoms with Crippen LogP contribution in [-0.2, 0) is 23.1 Å².